The predicted octanol–water partition coefficient (Wildman–Crippen LogP) is 2.35. The second kappa shape index (κ2) is 4.15. The molecule has 0 aromatic heterocycles. The van der Waals surface area contributed by atoms with E-state index in [2.05, 4.69) is 6.07 Å². The van der Waals surface area contributed by atoms with Crippen LogP contribution in [-0.4, -0.2) is 24.1 Å². The average molecular weight is 261 g/mol. The van der Waals surface area contributed by atoms with Crippen LogP contribution in [0.2, 0.25) is 0 Å². The zero-order valence-electron chi connectivity index (χ0n) is 11.7. The molecular weight excluding hydrogens is 242 g/mol. The Labute approximate surface area is 113 Å². The summed E-state index contributed by atoms with van der Waals surface area (Å²) in [6, 6.07) is 4.07. The first kappa shape index (κ1) is 12.3. The van der Waals surface area contributed by atoms with Gasteiger partial charge in [-0.1, -0.05) is 20.8 Å². The zero-order valence-corrected chi connectivity index (χ0v) is 11.7. The van der Waals surface area contributed by atoms with Crippen molar-refractivity contribution in [3.8, 4) is 11.5 Å². The minimum absolute atomic E-state index is 0.204. The molecule has 19 heavy (non-hydrogen) atoms. The van der Waals surface area contributed by atoms with Crippen molar-refractivity contribution in [1.29, 1.82) is 0 Å². The van der Waals surface area contributed by atoms with E-state index in [0.29, 0.717) is 13.3 Å². The highest BCUT2D eigenvalue weighted by molar-refractivity contribution is 5.81. The molecule has 0 N–H and O–H groups in total. The SMILES string of the molecule is CC(C)(C)C(=O)N1CCc2cc3c(cc2C1)OCO3. The van der Waals surface area contributed by atoms with Gasteiger partial charge in [-0.2, -0.15) is 0 Å². The molecule has 2 heterocycles. The molecule has 0 unspecified atom stereocenters. The van der Waals surface area contributed by atoms with E-state index in [0.717, 1.165) is 24.5 Å². The molecule has 4 heteroatoms. The van der Waals surface area contributed by atoms with Crippen LogP contribution in [-0.2, 0) is 17.8 Å². The molecule has 0 spiro atoms. The second-order valence-corrected chi connectivity index (χ2v) is 6.20. The van der Waals surface area contributed by atoms with Crippen molar-refractivity contribution in [3.63, 3.8) is 0 Å². The van der Waals surface area contributed by atoms with Crippen molar-refractivity contribution in [2.45, 2.75) is 33.7 Å². The highest BCUT2D eigenvalue weighted by Crippen LogP contribution is 2.37. The van der Waals surface area contributed by atoms with Gasteiger partial charge in [0, 0.05) is 18.5 Å². The fourth-order valence-corrected chi connectivity index (χ4v) is 2.59. The van der Waals surface area contributed by atoms with E-state index < -0.39 is 0 Å². The largest absolute Gasteiger partial charge is 0.454 e. The summed E-state index contributed by atoms with van der Waals surface area (Å²) in [5.41, 5.74) is 2.11. The molecule has 0 aliphatic carbocycles. The average Bonchev–Trinajstić information content (AvgIpc) is 2.80. The summed E-state index contributed by atoms with van der Waals surface area (Å²) in [4.78, 5) is 14.3. The van der Waals surface area contributed by atoms with E-state index in [1.165, 1.54) is 11.1 Å². The lowest BCUT2D eigenvalue weighted by molar-refractivity contribution is -0.140. The molecule has 0 atom stereocenters. The molecule has 0 radical (unpaired) electrons. The third kappa shape index (κ3) is 2.15. The number of hydrogen-bond acceptors (Lipinski definition) is 3. The summed E-state index contributed by atoms with van der Waals surface area (Å²) < 4.78 is 10.8. The fraction of sp³-hybridized carbons (Fsp3) is 0.533. The predicted molar refractivity (Wildman–Crippen MR) is 71.1 cm³/mol. The Morgan fingerprint density at radius 3 is 2.42 bits per heavy atom. The summed E-state index contributed by atoms with van der Waals surface area (Å²) >= 11 is 0. The van der Waals surface area contributed by atoms with E-state index >= 15 is 0 Å². The molecule has 1 amide bonds. The Hall–Kier alpha value is -1.71. The van der Waals surface area contributed by atoms with Gasteiger partial charge < -0.3 is 14.4 Å². The second-order valence-electron chi connectivity index (χ2n) is 6.20. The molecule has 0 saturated carbocycles. The number of carbonyl (C=O) groups excluding carboxylic acids is 1. The number of nitrogens with zero attached hydrogens (tertiary/aromatic N) is 1. The first-order valence-corrected chi connectivity index (χ1v) is 6.66. The smallest absolute Gasteiger partial charge is 0.231 e. The lowest BCUT2D eigenvalue weighted by atomic mass is 9.92. The van der Waals surface area contributed by atoms with Gasteiger partial charge >= 0.3 is 0 Å². The maximum atomic E-state index is 12.3. The number of carbonyl (C=O) groups is 1. The number of amides is 1. The van der Waals surface area contributed by atoms with Crippen LogP contribution in [0.15, 0.2) is 12.1 Å². The van der Waals surface area contributed by atoms with Crippen molar-refractivity contribution in [2.75, 3.05) is 13.3 Å². The van der Waals surface area contributed by atoms with Crippen molar-refractivity contribution in [3.05, 3.63) is 23.3 Å². The summed E-state index contributed by atoms with van der Waals surface area (Å²) in [7, 11) is 0. The maximum absolute atomic E-state index is 12.3. The summed E-state index contributed by atoms with van der Waals surface area (Å²) in [5, 5.41) is 0. The van der Waals surface area contributed by atoms with Crippen LogP contribution in [0.25, 0.3) is 0 Å². The Kier molecular flexibility index (Phi) is 2.69. The number of benzene rings is 1. The summed E-state index contributed by atoms with van der Waals surface area (Å²) in [6.45, 7) is 7.63. The number of hydrogen-bond donors (Lipinski definition) is 0. The highest BCUT2D eigenvalue weighted by atomic mass is 16.7. The molecule has 3 rings (SSSR count). The van der Waals surface area contributed by atoms with E-state index in [4.69, 9.17) is 9.47 Å². The van der Waals surface area contributed by atoms with Crippen molar-refractivity contribution in [1.82, 2.24) is 4.90 Å². The molecule has 2 aliphatic heterocycles. The number of fused-ring (bicyclic) bond motifs is 2. The van der Waals surface area contributed by atoms with Gasteiger partial charge in [0.2, 0.25) is 12.7 Å². The van der Waals surface area contributed by atoms with Gasteiger partial charge in [-0.25, -0.2) is 0 Å². The Morgan fingerprint density at radius 2 is 1.79 bits per heavy atom. The maximum Gasteiger partial charge on any atom is 0.231 e. The lowest BCUT2D eigenvalue weighted by Gasteiger charge is -2.33. The Morgan fingerprint density at radius 1 is 1.16 bits per heavy atom. The van der Waals surface area contributed by atoms with Crippen LogP contribution in [0, 0.1) is 5.41 Å². The minimum atomic E-state index is -0.326. The highest BCUT2D eigenvalue weighted by Gasteiger charge is 2.30. The molecule has 4 nitrogen and oxygen atoms in total. The summed E-state index contributed by atoms with van der Waals surface area (Å²) in [6.07, 6.45) is 0.883. The first-order chi connectivity index (χ1) is 8.95. The minimum Gasteiger partial charge on any atom is -0.454 e. The molecule has 2 aliphatic rings. The monoisotopic (exact) mass is 261 g/mol. The van der Waals surface area contributed by atoms with Crippen LogP contribution in [0.5, 0.6) is 11.5 Å². The van der Waals surface area contributed by atoms with Crippen LogP contribution in [0.3, 0.4) is 0 Å². The topological polar surface area (TPSA) is 38.8 Å². The van der Waals surface area contributed by atoms with Gasteiger partial charge in [-0.05, 0) is 29.7 Å². The molecule has 0 saturated heterocycles. The number of ether oxygens (including phenoxy) is 2. The van der Waals surface area contributed by atoms with E-state index in [9.17, 15) is 4.79 Å². The molecule has 1 aromatic rings. The molecule has 0 bridgehead atoms. The first-order valence-electron chi connectivity index (χ1n) is 6.66. The van der Waals surface area contributed by atoms with Crippen molar-refractivity contribution in [2.24, 2.45) is 5.41 Å². The quantitative estimate of drug-likeness (QED) is 0.719. The van der Waals surface area contributed by atoms with E-state index in [1.807, 2.05) is 31.7 Å². The van der Waals surface area contributed by atoms with Gasteiger partial charge in [0.1, 0.15) is 0 Å². The molecule has 0 fully saturated rings. The van der Waals surface area contributed by atoms with Gasteiger partial charge in [0.05, 0.1) is 0 Å². The van der Waals surface area contributed by atoms with Crippen LogP contribution < -0.4 is 9.47 Å². The lowest BCUT2D eigenvalue weighted by Crippen LogP contribution is -2.42. The summed E-state index contributed by atoms with van der Waals surface area (Å²) in [5.74, 6) is 1.83. The van der Waals surface area contributed by atoms with E-state index in [-0.39, 0.29) is 11.3 Å². The standard InChI is InChI=1S/C15H19NO3/c1-15(2,3)14(17)16-5-4-10-6-12-13(19-9-18-12)7-11(10)8-16/h6-7H,4-5,8-9H2,1-3H3. The molecule has 102 valence electrons. The zero-order chi connectivity index (χ0) is 13.6. The normalized spacial score (nSPS) is 17.3. The molecule has 1 aromatic carbocycles. The van der Waals surface area contributed by atoms with Gasteiger partial charge in [-0.3, -0.25) is 4.79 Å². The fourth-order valence-electron chi connectivity index (χ4n) is 2.59. The van der Waals surface area contributed by atoms with E-state index in [1.54, 1.807) is 0 Å². The third-order valence-electron chi connectivity index (χ3n) is 3.64. The van der Waals surface area contributed by atoms with Gasteiger partial charge in [0.15, 0.2) is 11.5 Å². The third-order valence-corrected chi connectivity index (χ3v) is 3.64. The van der Waals surface area contributed by atoms with Gasteiger partial charge in [0.25, 0.3) is 0 Å². The number of rotatable bonds is 0. The Balaban J connectivity index is 1.86. The van der Waals surface area contributed by atoms with Crippen LogP contribution in [0.1, 0.15) is 31.9 Å². The molecular formula is C15H19NO3. The van der Waals surface area contributed by atoms with Crippen LogP contribution >= 0.6 is 0 Å². The van der Waals surface area contributed by atoms with Crippen LogP contribution in [0.4, 0.5) is 0 Å². The van der Waals surface area contributed by atoms with Crippen molar-refractivity contribution < 1.29 is 14.3 Å². The Bertz CT molecular complexity index is 531. The van der Waals surface area contributed by atoms with Crippen molar-refractivity contribution >= 4 is 5.91 Å². The van der Waals surface area contributed by atoms with Gasteiger partial charge in [-0.15, -0.1) is 0 Å².